The molecule has 2 amide bonds. The lowest BCUT2D eigenvalue weighted by molar-refractivity contribution is -0.177. The lowest BCUT2D eigenvalue weighted by Gasteiger charge is -2.54. The topological polar surface area (TPSA) is 104 Å². The van der Waals surface area contributed by atoms with Gasteiger partial charge < -0.3 is 20.8 Å². The van der Waals surface area contributed by atoms with Gasteiger partial charge in [0.1, 0.15) is 5.41 Å². The maximum Gasteiger partial charge on any atom is 0.238 e. The van der Waals surface area contributed by atoms with E-state index in [0.717, 1.165) is 6.42 Å². The van der Waals surface area contributed by atoms with Gasteiger partial charge in [-0.3, -0.25) is 9.59 Å². The molecule has 0 unspecified atom stereocenters. The minimum Gasteiger partial charge on any atom is -0.388 e. The summed E-state index contributed by atoms with van der Waals surface area (Å²) < 4.78 is 0. The smallest absolute Gasteiger partial charge is 0.238 e. The Bertz CT molecular complexity index is 499. The summed E-state index contributed by atoms with van der Waals surface area (Å²) in [5, 5.41) is 21.7. The van der Waals surface area contributed by atoms with E-state index in [0.29, 0.717) is 12.8 Å². The Morgan fingerprint density at radius 3 is 1.42 bits per heavy atom. The molecule has 0 aromatic rings. The van der Waals surface area contributed by atoms with Gasteiger partial charge in [-0.15, -0.1) is 0 Å². The van der Waals surface area contributed by atoms with E-state index in [1.54, 1.807) is 32.6 Å². The predicted octanol–water partition coefficient (Wildman–Crippen LogP) is 2.06. The molecule has 1 rings (SSSR count). The summed E-state index contributed by atoms with van der Waals surface area (Å²) in [6, 6.07) is -1.13. The van der Waals surface area contributed by atoms with Gasteiger partial charge in [-0.05, 0) is 52.4 Å². The molecule has 1 saturated carbocycles. The molecule has 4 N–H and O–H groups in total. The molecule has 0 aromatic carbocycles. The first-order valence-electron chi connectivity index (χ1n) is 9.64. The van der Waals surface area contributed by atoms with Crippen LogP contribution in [0, 0.1) is 17.3 Å². The largest absolute Gasteiger partial charge is 0.388 e. The van der Waals surface area contributed by atoms with Crippen LogP contribution in [0.4, 0.5) is 0 Å². The number of primary amides is 1. The number of amides is 2. The van der Waals surface area contributed by atoms with Crippen LogP contribution >= 0.6 is 0 Å². The molecule has 0 heterocycles. The second kappa shape index (κ2) is 7.47. The van der Waals surface area contributed by atoms with E-state index in [2.05, 4.69) is 0 Å². The fourth-order valence-corrected chi connectivity index (χ4v) is 4.72. The highest BCUT2D eigenvalue weighted by molar-refractivity contribution is 6.05. The van der Waals surface area contributed by atoms with E-state index in [1.165, 1.54) is 0 Å². The molecule has 152 valence electrons. The third-order valence-electron chi connectivity index (χ3n) is 5.63. The highest BCUT2D eigenvalue weighted by atomic mass is 16.3. The van der Waals surface area contributed by atoms with Gasteiger partial charge in [-0.2, -0.15) is 0 Å². The normalized spacial score (nSPS) is 19.8. The predicted molar refractivity (Wildman–Crippen MR) is 102 cm³/mol. The molecule has 0 aromatic heterocycles. The molecule has 26 heavy (non-hydrogen) atoms. The number of carbonyl (C=O) groups is 2. The van der Waals surface area contributed by atoms with E-state index in [4.69, 9.17) is 5.73 Å². The fourth-order valence-electron chi connectivity index (χ4n) is 4.72. The Morgan fingerprint density at radius 1 is 0.923 bits per heavy atom. The zero-order valence-electron chi connectivity index (χ0n) is 17.7. The summed E-state index contributed by atoms with van der Waals surface area (Å²) in [7, 11) is 0. The first-order chi connectivity index (χ1) is 11.6. The van der Waals surface area contributed by atoms with Gasteiger partial charge in [0.05, 0.1) is 23.3 Å². The molecule has 0 spiro atoms. The molecule has 0 aliphatic heterocycles. The average Bonchev–Trinajstić information content (AvgIpc) is 2.31. The minimum atomic E-state index is -1.23. The number of nitrogens with zero attached hydrogens (tertiary/aromatic N) is 1. The van der Waals surface area contributed by atoms with Crippen molar-refractivity contribution in [2.75, 3.05) is 0 Å². The molecule has 1 fully saturated rings. The number of rotatable bonds is 8. The third kappa shape index (κ3) is 4.22. The van der Waals surface area contributed by atoms with Crippen molar-refractivity contribution in [1.29, 1.82) is 0 Å². The highest BCUT2D eigenvalue weighted by Crippen LogP contribution is 2.45. The maximum atomic E-state index is 13.7. The Balaban J connectivity index is 3.61. The van der Waals surface area contributed by atoms with Crippen LogP contribution in [0.15, 0.2) is 0 Å². The molecule has 0 radical (unpaired) electrons. The van der Waals surface area contributed by atoms with Gasteiger partial charge >= 0.3 is 0 Å². The SMILES string of the molecule is CC(C)[C@@H](N(C(=O)C1(C(N)=O)CCC1)[C@H](C(C)C)C(C)(C)O)C(C)(C)O. The van der Waals surface area contributed by atoms with Gasteiger partial charge in [0.25, 0.3) is 0 Å². The van der Waals surface area contributed by atoms with Gasteiger partial charge in [0.15, 0.2) is 0 Å². The van der Waals surface area contributed by atoms with Crippen molar-refractivity contribution in [3.63, 3.8) is 0 Å². The van der Waals surface area contributed by atoms with Crippen LogP contribution in [-0.4, -0.2) is 50.2 Å². The van der Waals surface area contributed by atoms with Crippen LogP contribution in [0.2, 0.25) is 0 Å². The Hall–Kier alpha value is -1.14. The Morgan fingerprint density at radius 2 is 1.27 bits per heavy atom. The van der Waals surface area contributed by atoms with E-state index in [1.807, 2.05) is 27.7 Å². The molecule has 1 aliphatic carbocycles. The fraction of sp³-hybridized carbons (Fsp3) is 0.900. The lowest BCUT2D eigenvalue weighted by Crippen LogP contribution is -2.69. The van der Waals surface area contributed by atoms with Crippen LogP contribution in [0.3, 0.4) is 0 Å². The second-order valence-electron chi connectivity index (χ2n) is 9.70. The number of aliphatic hydroxyl groups is 2. The standard InChI is InChI=1S/C20H38N2O4/c1-12(2)14(18(5,6)25)22(15(13(3)4)19(7,8)26)17(24)20(16(21)23)10-9-11-20/h12-15,25-26H,9-11H2,1-8H3,(H2,21,23)/t14-,15-/m1/s1. The van der Waals surface area contributed by atoms with E-state index in [-0.39, 0.29) is 17.7 Å². The second-order valence-corrected chi connectivity index (χ2v) is 9.70. The quantitative estimate of drug-likeness (QED) is 0.569. The van der Waals surface area contributed by atoms with Crippen molar-refractivity contribution >= 4 is 11.8 Å². The van der Waals surface area contributed by atoms with Gasteiger partial charge in [-0.1, -0.05) is 34.1 Å². The Labute approximate surface area is 158 Å². The van der Waals surface area contributed by atoms with Crippen LogP contribution in [0.5, 0.6) is 0 Å². The van der Waals surface area contributed by atoms with Crippen molar-refractivity contribution in [3.8, 4) is 0 Å². The van der Waals surface area contributed by atoms with E-state index < -0.39 is 34.6 Å². The summed E-state index contributed by atoms with van der Waals surface area (Å²) in [6.45, 7) is 14.4. The minimum absolute atomic E-state index is 0.0763. The molecule has 6 nitrogen and oxygen atoms in total. The summed E-state index contributed by atoms with van der Waals surface area (Å²) in [5.74, 6) is -1.13. The highest BCUT2D eigenvalue weighted by Gasteiger charge is 2.56. The van der Waals surface area contributed by atoms with Crippen molar-refractivity contribution in [2.24, 2.45) is 23.0 Å². The number of hydrogen-bond donors (Lipinski definition) is 3. The maximum absolute atomic E-state index is 13.7. The van der Waals surface area contributed by atoms with E-state index >= 15 is 0 Å². The molecular weight excluding hydrogens is 332 g/mol. The molecule has 6 heteroatoms. The molecule has 1 aliphatic rings. The van der Waals surface area contributed by atoms with Crippen LogP contribution in [-0.2, 0) is 9.59 Å². The van der Waals surface area contributed by atoms with Crippen molar-refractivity contribution in [3.05, 3.63) is 0 Å². The summed E-state index contributed by atoms with van der Waals surface area (Å²) >= 11 is 0. The van der Waals surface area contributed by atoms with Crippen LogP contribution < -0.4 is 5.73 Å². The summed E-state index contributed by atoms with van der Waals surface area (Å²) in [4.78, 5) is 27.4. The molecule has 0 saturated heterocycles. The number of carbonyl (C=O) groups excluding carboxylic acids is 2. The van der Waals surface area contributed by atoms with Crippen molar-refractivity contribution in [1.82, 2.24) is 4.90 Å². The van der Waals surface area contributed by atoms with Crippen molar-refractivity contribution < 1.29 is 19.8 Å². The molecule has 2 atom stereocenters. The zero-order valence-corrected chi connectivity index (χ0v) is 17.7. The zero-order chi connectivity index (χ0) is 20.7. The lowest BCUT2D eigenvalue weighted by atomic mass is 9.65. The first kappa shape index (κ1) is 22.9. The monoisotopic (exact) mass is 370 g/mol. The Kier molecular flexibility index (Phi) is 6.58. The van der Waals surface area contributed by atoms with Crippen LogP contribution in [0.1, 0.15) is 74.7 Å². The van der Waals surface area contributed by atoms with Crippen molar-refractivity contribution in [2.45, 2.75) is 97.9 Å². The average molecular weight is 371 g/mol. The van der Waals surface area contributed by atoms with Gasteiger partial charge in [-0.25, -0.2) is 0 Å². The summed E-state index contributed by atoms with van der Waals surface area (Å²) in [5.41, 5.74) is 2.00. The molecule has 0 bridgehead atoms. The van der Waals surface area contributed by atoms with E-state index in [9.17, 15) is 19.8 Å². The van der Waals surface area contributed by atoms with Crippen LogP contribution in [0.25, 0.3) is 0 Å². The van der Waals surface area contributed by atoms with Gasteiger partial charge in [0.2, 0.25) is 11.8 Å². The number of hydrogen-bond acceptors (Lipinski definition) is 4. The summed E-state index contributed by atoms with van der Waals surface area (Å²) in [6.07, 6.45) is 1.61. The first-order valence-corrected chi connectivity index (χ1v) is 9.64. The number of nitrogens with two attached hydrogens (primary N) is 1. The molecular formula is C20H38N2O4. The van der Waals surface area contributed by atoms with Gasteiger partial charge in [0, 0.05) is 0 Å². The third-order valence-corrected chi connectivity index (χ3v) is 5.63.